The summed E-state index contributed by atoms with van der Waals surface area (Å²) in [5, 5.41) is 36.7. The van der Waals surface area contributed by atoms with Gasteiger partial charge in [0.15, 0.2) is 6.29 Å². The molecule has 8 N–H and O–H groups in total. The molecule has 0 heterocycles. The molecule has 0 bridgehead atoms. The molecule has 0 aromatic heterocycles. The fraction of sp³-hybridized carbons (Fsp3) is 0.200. The molecule has 0 saturated carbocycles. The van der Waals surface area contributed by atoms with Gasteiger partial charge in [0, 0.05) is 11.3 Å². The normalized spacial score (nSPS) is 10.8. The number of aliphatic hydroxyl groups excluding tert-OH is 1. The van der Waals surface area contributed by atoms with Crippen LogP contribution in [0.4, 0.5) is 5.69 Å². The molecule has 0 radical (unpaired) electrons. The van der Waals surface area contributed by atoms with E-state index in [1.165, 1.54) is 18.3 Å². The number of rotatable bonds is 5. The summed E-state index contributed by atoms with van der Waals surface area (Å²) in [7, 11) is 0. The molecular formula is C10H15N5O3. The van der Waals surface area contributed by atoms with Gasteiger partial charge in [-0.1, -0.05) is 0 Å². The average molecular weight is 253 g/mol. The lowest BCUT2D eigenvalue weighted by molar-refractivity contribution is -0.0275. The van der Waals surface area contributed by atoms with E-state index in [-0.39, 0.29) is 18.3 Å². The molecule has 18 heavy (non-hydrogen) atoms. The molecule has 0 aliphatic heterocycles. The predicted molar refractivity (Wildman–Crippen MR) is 68.2 cm³/mol. The van der Waals surface area contributed by atoms with Gasteiger partial charge in [0.25, 0.3) is 0 Å². The summed E-state index contributed by atoms with van der Waals surface area (Å²) < 4.78 is 0. The van der Waals surface area contributed by atoms with Crippen molar-refractivity contribution >= 4 is 17.9 Å². The van der Waals surface area contributed by atoms with Crippen LogP contribution < -0.4 is 16.8 Å². The Morgan fingerprint density at radius 3 is 2.72 bits per heavy atom. The van der Waals surface area contributed by atoms with Gasteiger partial charge in [0.1, 0.15) is 5.75 Å². The number of benzene rings is 1. The zero-order chi connectivity index (χ0) is 13.5. The first-order chi connectivity index (χ1) is 8.49. The second-order valence-corrected chi connectivity index (χ2v) is 3.40. The molecule has 0 amide bonds. The lowest BCUT2D eigenvalue weighted by atomic mass is 10.2. The summed E-state index contributed by atoms with van der Waals surface area (Å²) in [5.41, 5.74) is 11.3. The Morgan fingerprint density at radius 1 is 1.39 bits per heavy atom. The van der Waals surface area contributed by atoms with Gasteiger partial charge < -0.3 is 32.1 Å². The largest absolute Gasteiger partial charge is 0.508 e. The first kappa shape index (κ1) is 13.7. The van der Waals surface area contributed by atoms with Gasteiger partial charge in [-0.15, -0.1) is 5.10 Å². The van der Waals surface area contributed by atoms with E-state index < -0.39 is 6.29 Å². The van der Waals surface area contributed by atoms with Crippen molar-refractivity contribution in [1.82, 2.24) is 0 Å². The second kappa shape index (κ2) is 6.42. The number of nitrogens with zero attached hydrogens (tertiary/aromatic N) is 2. The summed E-state index contributed by atoms with van der Waals surface area (Å²) in [6.45, 7) is -0.0616. The molecule has 8 nitrogen and oxygen atoms in total. The topological polar surface area (TPSA) is 149 Å². The smallest absolute Gasteiger partial charge is 0.211 e. The molecule has 1 aromatic rings. The Bertz CT molecular complexity index is 455. The summed E-state index contributed by atoms with van der Waals surface area (Å²) in [6, 6.07) is 4.44. The fourth-order valence-electron chi connectivity index (χ4n) is 1.18. The number of nitrogens with one attached hydrogen (secondary N) is 1. The minimum atomic E-state index is -1.48. The minimum Gasteiger partial charge on any atom is -0.508 e. The van der Waals surface area contributed by atoms with E-state index in [4.69, 9.17) is 21.7 Å². The molecule has 98 valence electrons. The van der Waals surface area contributed by atoms with Crippen LogP contribution in [0.25, 0.3) is 0 Å². The Labute approximate surface area is 103 Å². The third-order valence-electron chi connectivity index (χ3n) is 1.88. The van der Waals surface area contributed by atoms with Crippen LogP contribution in [0.2, 0.25) is 0 Å². The van der Waals surface area contributed by atoms with E-state index in [1.54, 1.807) is 6.07 Å². The highest BCUT2D eigenvalue weighted by Crippen LogP contribution is 2.19. The first-order valence-electron chi connectivity index (χ1n) is 5.04. The van der Waals surface area contributed by atoms with Gasteiger partial charge in [-0.2, -0.15) is 5.10 Å². The van der Waals surface area contributed by atoms with Crippen LogP contribution in [-0.4, -0.2) is 40.3 Å². The van der Waals surface area contributed by atoms with Gasteiger partial charge in [-0.05, 0) is 18.2 Å². The van der Waals surface area contributed by atoms with E-state index in [2.05, 4.69) is 15.5 Å². The number of hydrogen-bond donors (Lipinski definition) is 6. The van der Waals surface area contributed by atoms with Crippen LogP contribution in [0.15, 0.2) is 28.4 Å². The van der Waals surface area contributed by atoms with Crippen LogP contribution in [0, 0.1) is 0 Å². The summed E-state index contributed by atoms with van der Waals surface area (Å²) >= 11 is 0. The van der Waals surface area contributed by atoms with Crippen molar-refractivity contribution in [3.05, 3.63) is 23.8 Å². The zero-order valence-corrected chi connectivity index (χ0v) is 9.48. The Morgan fingerprint density at radius 2 is 2.11 bits per heavy atom. The monoisotopic (exact) mass is 253 g/mol. The van der Waals surface area contributed by atoms with Gasteiger partial charge in [0.05, 0.1) is 12.8 Å². The average Bonchev–Trinajstić information content (AvgIpc) is 2.27. The molecule has 1 aromatic carbocycles. The number of phenolic OH excluding ortho intramolecular Hbond substituents is 1. The lowest BCUT2D eigenvalue weighted by Gasteiger charge is -2.10. The minimum absolute atomic E-state index is 0.0382. The summed E-state index contributed by atoms with van der Waals surface area (Å²) in [6.07, 6.45) is -0.160. The summed E-state index contributed by atoms with van der Waals surface area (Å²) in [4.78, 5) is 0. The van der Waals surface area contributed by atoms with E-state index >= 15 is 0 Å². The Hall–Kier alpha value is -2.32. The van der Waals surface area contributed by atoms with Gasteiger partial charge in [-0.25, -0.2) is 0 Å². The molecule has 0 aliphatic rings. The highest BCUT2D eigenvalue weighted by molar-refractivity contribution is 5.89. The molecule has 0 fully saturated rings. The van der Waals surface area contributed by atoms with Crippen LogP contribution >= 0.6 is 0 Å². The standard InChI is InChI=1S/C10H15N5O3/c11-10(12)15-14-4-6-3-7(16)1-2-8(6)13-5-9(17)18/h1-4,9,13,16-18H,5H2,(H4,11,12,15). The number of nitrogens with two attached hydrogens (primary N) is 2. The summed E-state index contributed by atoms with van der Waals surface area (Å²) in [5.74, 6) is -0.150. The lowest BCUT2D eigenvalue weighted by Crippen LogP contribution is -2.21. The van der Waals surface area contributed by atoms with Gasteiger partial charge in [-0.3, -0.25) is 0 Å². The zero-order valence-electron chi connectivity index (χ0n) is 9.48. The highest BCUT2D eigenvalue weighted by Gasteiger charge is 2.03. The fourth-order valence-corrected chi connectivity index (χ4v) is 1.18. The number of guanidine groups is 1. The van der Waals surface area contributed by atoms with Crippen molar-refractivity contribution in [2.24, 2.45) is 21.7 Å². The first-order valence-corrected chi connectivity index (χ1v) is 5.04. The molecule has 8 heteroatoms. The van der Waals surface area contributed by atoms with E-state index in [9.17, 15) is 5.11 Å². The number of anilines is 1. The van der Waals surface area contributed by atoms with Crippen LogP contribution in [0.5, 0.6) is 5.75 Å². The van der Waals surface area contributed by atoms with E-state index in [1.807, 2.05) is 0 Å². The van der Waals surface area contributed by atoms with E-state index in [0.717, 1.165) is 0 Å². The number of aliphatic hydroxyl groups is 2. The van der Waals surface area contributed by atoms with Crippen molar-refractivity contribution in [2.45, 2.75) is 6.29 Å². The van der Waals surface area contributed by atoms with Crippen LogP contribution in [0.1, 0.15) is 5.56 Å². The van der Waals surface area contributed by atoms with E-state index in [0.29, 0.717) is 11.3 Å². The van der Waals surface area contributed by atoms with Crippen molar-refractivity contribution < 1.29 is 15.3 Å². The number of phenols is 1. The van der Waals surface area contributed by atoms with Crippen LogP contribution in [0.3, 0.4) is 0 Å². The van der Waals surface area contributed by atoms with Crippen molar-refractivity contribution in [2.75, 3.05) is 11.9 Å². The highest BCUT2D eigenvalue weighted by atomic mass is 16.5. The maximum absolute atomic E-state index is 9.35. The third kappa shape index (κ3) is 4.68. The quantitative estimate of drug-likeness (QED) is 0.126. The molecule has 0 atom stereocenters. The SMILES string of the molecule is NC(N)=NN=Cc1cc(O)ccc1NCC(O)O. The molecular weight excluding hydrogens is 238 g/mol. The van der Waals surface area contributed by atoms with Crippen molar-refractivity contribution in [1.29, 1.82) is 0 Å². The van der Waals surface area contributed by atoms with Crippen molar-refractivity contribution in [3.8, 4) is 5.75 Å². The molecule has 1 rings (SSSR count). The molecule has 0 saturated heterocycles. The maximum atomic E-state index is 9.35. The molecule has 0 aliphatic carbocycles. The predicted octanol–water partition coefficient (Wildman–Crippen LogP) is -1.28. The molecule has 0 spiro atoms. The van der Waals surface area contributed by atoms with Crippen LogP contribution in [-0.2, 0) is 0 Å². The van der Waals surface area contributed by atoms with Crippen molar-refractivity contribution in [3.63, 3.8) is 0 Å². The third-order valence-corrected chi connectivity index (χ3v) is 1.88. The van der Waals surface area contributed by atoms with Gasteiger partial charge >= 0.3 is 0 Å². The Balaban J connectivity index is 2.89. The number of hydrogen-bond acceptors (Lipinski definition) is 6. The maximum Gasteiger partial charge on any atom is 0.211 e. The number of aromatic hydroxyl groups is 1. The van der Waals surface area contributed by atoms with Gasteiger partial charge in [0.2, 0.25) is 5.96 Å². The molecule has 0 unspecified atom stereocenters. The second-order valence-electron chi connectivity index (χ2n) is 3.40. The Kier molecular flexibility index (Phi) is 4.90.